The molecule has 11 heavy (non-hydrogen) atoms. The van der Waals surface area contributed by atoms with Crippen LogP contribution in [0.3, 0.4) is 0 Å². The van der Waals surface area contributed by atoms with Gasteiger partial charge in [0.05, 0.1) is 0 Å². The van der Waals surface area contributed by atoms with Crippen LogP contribution < -0.4 is 0 Å². The van der Waals surface area contributed by atoms with E-state index in [9.17, 15) is 0 Å². The first-order chi connectivity index (χ1) is 5.68. The van der Waals surface area contributed by atoms with E-state index in [0.717, 1.165) is 23.7 Å². The fraction of sp³-hybridized carbons (Fsp3) is 1.00. The van der Waals surface area contributed by atoms with E-state index in [-0.39, 0.29) is 5.89 Å². The molecule has 0 saturated heterocycles. The van der Waals surface area contributed by atoms with Crippen molar-refractivity contribution >= 4 is 0 Å². The van der Waals surface area contributed by atoms with Crippen molar-refractivity contribution in [1.29, 1.82) is 0 Å². The standard InChI is InChI=1S/C11H18/c1-7-5-8-6-11(7)10-4-2-3-9(8)10/h7-11H,2-6H2,1H3/t7-,8?,9?,10?,11?/m1/s1/i7D. The Morgan fingerprint density at radius 1 is 1.09 bits per heavy atom. The highest BCUT2D eigenvalue weighted by atomic mass is 14.6. The van der Waals surface area contributed by atoms with Crippen molar-refractivity contribution in [3.63, 3.8) is 0 Å². The molecule has 3 saturated carbocycles. The molecule has 0 N–H and O–H groups in total. The maximum absolute atomic E-state index is 8.23. The van der Waals surface area contributed by atoms with Gasteiger partial charge in [-0.1, -0.05) is 13.3 Å². The van der Waals surface area contributed by atoms with Gasteiger partial charge in [0, 0.05) is 1.37 Å². The summed E-state index contributed by atoms with van der Waals surface area (Å²) in [6.45, 7) is 2.17. The third-order valence-corrected chi connectivity index (χ3v) is 4.52. The van der Waals surface area contributed by atoms with Gasteiger partial charge < -0.3 is 0 Å². The van der Waals surface area contributed by atoms with E-state index in [1.807, 2.05) is 0 Å². The van der Waals surface area contributed by atoms with Gasteiger partial charge in [-0.15, -0.1) is 0 Å². The molecule has 0 radical (unpaired) electrons. The first-order valence-electron chi connectivity index (χ1n) is 5.68. The monoisotopic (exact) mass is 151 g/mol. The number of fused-ring (bicyclic) bond motifs is 5. The van der Waals surface area contributed by atoms with Crippen LogP contribution in [-0.2, 0) is 0 Å². The summed E-state index contributed by atoms with van der Waals surface area (Å²) in [5.41, 5.74) is 0. The van der Waals surface area contributed by atoms with Crippen molar-refractivity contribution < 1.29 is 1.37 Å². The van der Waals surface area contributed by atoms with Gasteiger partial charge in [0.25, 0.3) is 0 Å². The predicted octanol–water partition coefficient (Wildman–Crippen LogP) is 3.08. The molecule has 0 aromatic rings. The molecule has 4 unspecified atom stereocenters. The van der Waals surface area contributed by atoms with Crippen LogP contribution in [0.4, 0.5) is 0 Å². The number of hydrogen-bond acceptors (Lipinski definition) is 0. The molecule has 3 rings (SSSR count). The summed E-state index contributed by atoms with van der Waals surface area (Å²) in [6, 6.07) is 0. The van der Waals surface area contributed by atoms with Crippen molar-refractivity contribution in [2.75, 3.05) is 0 Å². The molecule has 0 nitrogen and oxygen atoms in total. The van der Waals surface area contributed by atoms with Gasteiger partial charge in [0.1, 0.15) is 0 Å². The molecular weight excluding hydrogens is 132 g/mol. The van der Waals surface area contributed by atoms with E-state index in [0.29, 0.717) is 0 Å². The largest absolute Gasteiger partial charge is 0.0622 e. The van der Waals surface area contributed by atoms with E-state index < -0.39 is 0 Å². The first-order valence-corrected chi connectivity index (χ1v) is 5.18. The van der Waals surface area contributed by atoms with Crippen LogP contribution in [0, 0.1) is 29.6 Å². The smallest absolute Gasteiger partial charge is 0.0303 e. The summed E-state index contributed by atoms with van der Waals surface area (Å²) in [5.74, 6) is 3.69. The second-order valence-corrected chi connectivity index (χ2v) is 4.91. The van der Waals surface area contributed by atoms with Crippen molar-refractivity contribution in [2.45, 2.75) is 39.0 Å². The summed E-state index contributed by atoms with van der Waals surface area (Å²) < 4.78 is 8.23. The third kappa shape index (κ3) is 0.711. The average Bonchev–Trinajstić information content (AvgIpc) is 2.53. The molecule has 3 fully saturated rings. The molecule has 5 atom stereocenters. The van der Waals surface area contributed by atoms with E-state index >= 15 is 0 Å². The summed E-state index contributed by atoms with van der Waals surface area (Å²) >= 11 is 0. The Bertz CT molecular complexity index is 209. The first kappa shape index (κ1) is 5.61. The van der Waals surface area contributed by atoms with Crippen LogP contribution in [-0.4, -0.2) is 0 Å². The Morgan fingerprint density at radius 3 is 2.82 bits per heavy atom. The van der Waals surface area contributed by atoms with Gasteiger partial charge in [0.15, 0.2) is 0 Å². The highest BCUT2D eigenvalue weighted by Crippen LogP contribution is 2.60. The average molecular weight is 151 g/mol. The summed E-state index contributed by atoms with van der Waals surface area (Å²) in [5, 5.41) is 0. The molecular formula is C11H18. The fourth-order valence-electron chi connectivity index (χ4n) is 4.14. The topological polar surface area (TPSA) is 0 Å². The number of hydrogen-bond donors (Lipinski definition) is 0. The quantitative estimate of drug-likeness (QED) is 0.499. The highest BCUT2D eigenvalue weighted by molar-refractivity contribution is 5.01. The molecule has 0 spiro atoms. The fourth-order valence-corrected chi connectivity index (χ4v) is 4.14. The van der Waals surface area contributed by atoms with Crippen molar-refractivity contribution in [3.8, 4) is 0 Å². The maximum Gasteiger partial charge on any atom is 0.0303 e. The van der Waals surface area contributed by atoms with Gasteiger partial charge in [-0.2, -0.15) is 0 Å². The summed E-state index contributed by atoms with van der Waals surface area (Å²) in [4.78, 5) is 0. The van der Waals surface area contributed by atoms with Crippen molar-refractivity contribution in [2.24, 2.45) is 29.6 Å². The van der Waals surface area contributed by atoms with Gasteiger partial charge in [-0.25, -0.2) is 0 Å². The van der Waals surface area contributed by atoms with Crippen molar-refractivity contribution in [1.82, 2.24) is 0 Å². The Morgan fingerprint density at radius 2 is 1.91 bits per heavy atom. The van der Waals surface area contributed by atoms with Crippen LogP contribution in [0.2, 0.25) is 0 Å². The lowest BCUT2D eigenvalue weighted by Gasteiger charge is -2.29. The lowest BCUT2D eigenvalue weighted by Crippen LogP contribution is -2.22. The van der Waals surface area contributed by atoms with Gasteiger partial charge in [0.2, 0.25) is 0 Å². The second-order valence-electron chi connectivity index (χ2n) is 4.91. The van der Waals surface area contributed by atoms with Crippen LogP contribution in [0.15, 0.2) is 0 Å². The Kier molecular flexibility index (Phi) is 1.03. The normalized spacial score (nSPS) is 68.3. The minimum atomic E-state index is -0.0455. The van der Waals surface area contributed by atoms with Gasteiger partial charge in [-0.05, 0) is 55.2 Å². The zero-order valence-corrected chi connectivity index (χ0v) is 7.34. The van der Waals surface area contributed by atoms with Crippen LogP contribution in [0.5, 0.6) is 0 Å². The zero-order valence-electron chi connectivity index (χ0n) is 8.34. The highest BCUT2D eigenvalue weighted by Gasteiger charge is 2.52. The third-order valence-electron chi connectivity index (χ3n) is 4.52. The number of rotatable bonds is 0. The van der Waals surface area contributed by atoms with Crippen molar-refractivity contribution in [3.05, 3.63) is 0 Å². The minimum Gasteiger partial charge on any atom is -0.0622 e. The predicted molar refractivity (Wildman–Crippen MR) is 46.2 cm³/mol. The molecule has 0 aromatic heterocycles. The summed E-state index contributed by atoms with van der Waals surface area (Å²) in [7, 11) is 0. The Labute approximate surface area is 70.8 Å². The van der Waals surface area contributed by atoms with E-state index in [4.69, 9.17) is 1.37 Å². The molecule has 0 aliphatic heterocycles. The molecule has 3 aliphatic carbocycles. The molecule has 0 amide bonds. The van der Waals surface area contributed by atoms with Crippen LogP contribution in [0.1, 0.15) is 40.4 Å². The lowest BCUT2D eigenvalue weighted by atomic mass is 9.77. The van der Waals surface area contributed by atoms with E-state index in [2.05, 4.69) is 6.92 Å². The van der Waals surface area contributed by atoms with Crippen LogP contribution in [0.25, 0.3) is 0 Å². The molecule has 62 valence electrons. The molecule has 0 heterocycles. The summed E-state index contributed by atoms with van der Waals surface area (Å²) in [6.07, 6.45) is 6.99. The van der Waals surface area contributed by atoms with E-state index in [1.54, 1.807) is 0 Å². The minimum absolute atomic E-state index is 0.0455. The van der Waals surface area contributed by atoms with Gasteiger partial charge >= 0.3 is 0 Å². The van der Waals surface area contributed by atoms with E-state index in [1.165, 1.54) is 32.1 Å². The Balaban J connectivity index is 1.93. The van der Waals surface area contributed by atoms with Crippen LogP contribution >= 0.6 is 0 Å². The maximum atomic E-state index is 8.23. The van der Waals surface area contributed by atoms with Gasteiger partial charge in [-0.3, -0.25) is 0 Å². The molecule has 3 aliphatic rings. The molecule has 0 aromatic carbocycles. The zero-order chi connectivity index (χ0) is 8.34. The second kappa shape index (κ2) is 2.02. The molecule has 0 heteroatoms. The lowest BCUT2D eigenvalue weighted by molar-refractivity contribution is 0.201. The molecule has 2 bridgehead atoms. The Hall–Kier alpha value is 0. The SMILES string of the molecule is [2H][C@@]1(C)CC2CC1C1CCCC21.